The van der Waals surface area contributed by atoms with Crippen molar-refractivity contribution in [1.82, 2.24) is 0 Å². The molecule has 6 heteroatoms. The zero-order valence-electron chi connectivity index (χ0n) is 15.4. The zero-order valence-corrected chi connectivity index (χ0v) is 15.4. The van der Waals surface area contributed by atoms with E-state index in [0.717, 1.165) is 25.0 Å². The first-order valence-electron chi connectivity index (χ1n) is 8.91. The van der Waals surface area contributed by atoms with Gasteiger partial charge >= 0.3 is 6.18 Å². The third-order valence-electron chi connectivity index (χ3n) is 4.58. The monoisotopic (exact) mass is 376 g/mol. The van der Waals surface area contributed by atoms with Crippen LogP contribution >= 0.6 is 0 Å². The highest BCUT2D eigenvalue weighted by Gasteiger charge is 2.31. The lowest BCUT2D eigenvalue weighted by Gasteiger charge is -2.17. The maximum Gasteiger partial charge on any atom is 0.416 e. The molecule has 0 fully saturated rings. The van der Waals surface area contributed by atoms with Crippen molar-refractivity contribution in [3.63, 3.8) is 0 Å². The third kappa shape index (κ3) is 5.42. The second-order valence-electron chi connectivity index (χ2n) is 6.43. The minimum absolute atomic E-state index is 0.0499. The number of carbonyl (C=O) groups excluding carboxylic acids is 1. The highest BCUT2D eigenvalue weighted by molar-refractivity contribution is 6.15. The number of alkyl halides is 3. The van der Waals surface area contributed by atoms with Gasteiger partial charge in [-0.1, -0.05) is 57.0 Å². The fourth-order valence-electron chi connectivity index (χ4n) is 2.84. The number of hydrogen-bond acceptors (Lipinski definition) is 2. The summed E-state index contributed by atoms with van der Waals surface area (Å²) in [7, 11) is 0. The SMILES string of the molecule is CCC(CC)CC(=O)Nc1ccc(C(F)(F)F)cc1C(=N)c1ccccc1. The number of carbonyl (C=O) groups is 1. The van der Waals surface area contributed by atoms with Gasteiger partial charge in [0.1, 0.15) is 0 Å². The maximum absolute atomic E-state index is 13.1. The van der Waals surface area contributed by atoms with Gasteiger partial charge in [-0.05, 0) is 24.1 Å². The highest BCUT2D eigenvalue weighted by Crippen LogP contribution is 2.33. The topological polar surface area (TPSA) is 53.0 Å². The summed E-state index contributed by atoms with van der Waals surface area (Å²) in [5.74, 6) is -0.0398. The van der Waals surface area contributed by atoms with Crippen LogP contribution in [0.25, 0.3) is 0 Å². The normalized spacial score (nSPS) is 11.5. The highest BCUT2D eigenvalue weighted by atomic mass is 19.4. The average Bonchev–Trinajstić information content (AvgIpc) is 2.65. The number of halogens is 3. The molecular formula is C21H23F3N2O. The molecule has 0 aliphatic heterocycles. The molecule has 0 heterocycles. The number of amides is 1. The Balaban J connectivity index is 2.39. The number of anilines is 1. The summed E-state index contributed by atoms with van der Waals surface area (Å²) < 4.78 is 39.4. The Labute approximate surface area is 157 Å². The smallest absolute Gasteiger partial charge is 0.325 e. The van der Waals surface area contributed by atoms with E-state index in [9.17, 15) is 18.0 Å². The Hall–Kier alpha value is -2.63. The van der Waals surface area contributed by atoms with E-state index in [0.29, 0.717) is 12.0 Å². The second-order valence-corrected chi connectivity index (χ2v) is 6.43. The van der Waals surface area contributed by atoms with Crippen molar-refractivity contribution < 1.29 is 18.0 Å². The van der Waals surface area contributed by atoms with E-state index in [2.05, 4.69) is 5.32 Å². The lowest BCUT2D eigenvalue weighted by Crippen LogP contribution is -2.19. The fraction of sp³-hybridized carbons (Fsp3) is 0.333. The van der Waals surface area contributed by atoms with Crippen molar-refractivity contribution >= 4 is 17.3 Å². The molecule has 2 N–H and O–H groups in total. The molecule has 3 nitrogen and oxygen atoms in total. The summed E-state index contributed by atoms with van der Waals surface area (Å²) in [5.41, 5.74) is -0.176. The van der Waals surface area contributed by atoms with Crippen LogP contribution in [0.2, 0.25) is 0 Å². The molecule has 144 valence electrons. The second kappa shape index (κ2) is 8.84. The van der Waals surface area contributed by atoms with Gasteiger partial charge in [-0.15, -0.1) is 0 Å². The molecule has 0 aliphatic rings. The summed E-state index contributed by atoms with van der Waals surface area (Å²) in [5, 5.41) is 11.0. The Kier molecular flexibility index (Phi) is 6.77. The fourth-order valence-corrected chi connectivity index (χ4v) is 2.84. The van der Waals surface area contributed by atoms with E-state index in [1.807, 2.05) is 13.8 Å². The Morgan fingerprint density at radius 3 is 2.26 bits per heavy atom. The summed E-state index contributed by atoms with van der Waals surface area (Å²) in [6.45, 7) is 3.99. The minimum atomic E-state index is -4.52. The lowest BCUT2D eigenvalue weighted by molar-refractivity contribution is -0.137. The molecule has 0 bridgehead atoms. The molecule has 27 heavy (non-hydrogen) atoms. The predicted octanol–water partition coefficient (Wildman–Crippen LogP) is 5.89. The summed E-state index contributed by atoms with van der Waals surface area (Å²) >= 11 is 0. The molecule has 2 rings (SSSR count). The van der Waals surface area contributed by atoms with Crippen LogP contribution in [0.1, 0.15) is 49.8 Å². The van der Waals surface area contributed by atoms with Crippen LogP contribution in [0, 0.1) is 11.3 Å². The van der Waals surface area contributed by atoms with E-state index in [-0.39, 0.29) is 28.8 Å². The van der Waals surface area contributed by atoms with E-state index >= 15 is 0 Å². The number of hydrogen-bond donors (Lipinski definition) is 2. The molecule has 2 aromatic carbocycles. The van der Waals surface area contributed by atoms with Crippen LogP contribution in [-0.4, -0.2) is 11.6 Å². The molecule has 2 aromatic rings. The molecule has 1 amide bonds. The predicted molar refractivity (Wildman–Crippen MR) is 101 cm³/mol. The zero-order chi connectivity index (χ0) is 20.0. The number of nitrogens with one attached hydrogen (secondary N) is 2. The van der Waals surface area contributed by atoms with Gasteiger partial charge < -0.3 is 5.32 Å². The minimum Gasteiger partial charge on any atom is -0.325 e. The molecule has 0 radical (unpaired) electrons. The van der Waals surface area contributed by atoms with Crippen LogP contribution in [0.5, 0.6) is 0 Å². The summed E-state index contributed by atoms with van der Waals surface area (Å²) in [6, 6.07) is 11.6. The molecule has 0 unspecified atom stereocenters. The molecule has 0 saturated heterocycles. The Bertz CT molecular complexity index is 797. The van der Waals surface area contributed by atoms with Gasteiger partial charge in [-0.3, -0.25) is 10.2 Å². The van der Waals surface area contributed by atoms with Crippen molar-refractivity contribution in [3.05, 3.63) is 65.2 Å². The lowest BCUT2D eigenvalue weighted by atomic mass is 9.97. The van der Waals surface area contributed by atoms with Crippen molar-refractivity contribution in [2.75, 3.05) is 5.32 Å². The molecule has 0 spiro atoms. The van der Waals surface area contributed by atoms with Crippen molar-refractivity contribution in [1.29, 1.82) is 5.41 Å². The molecule has 0 saturated carbocycles. The van der Waals surface area contributed by atoms with Crippen LogP contribution < -0.4 is 5.32 Å². The van der Waals surface area contributed by atoms with E-state index in [1.165, 1.54) is 6.07 Å². The van der Waals surface area contributed by atoms with Gasteiger partial charge in [-0.2, -0.15) is 13.2 Å². The molecule has 0 aliphatic carbocycles. The maximum atomic E-state index is 13.1. The first-order chi connectivity index (χ1) is 12.8. The molecular weight excluding hydrogens is 353 g/mol. The number of benzene rings is 2. The van der Waals surface area contributed by atoms with E-state index in [1.54, 1.807) is 30.3 Å². The molecule has 0 atom stereocenters. The van der Waals surface area contributed by atoms with Gasteiger partial charge in [-0.25, -0.2) is 0 Å². The van der Waals surface area contributed by atoms with Crippen molar-refractivity contribution in [2.45, 2.75) is 39.3 Å². The van der Waals surface area contributed by atoms with E-state index in [4.69, 9.17) is 5.41 Å². The first kappa shape index (κ1) is 20.7. The largest absolute Gasteiger partial charge is 0.416 e. The van der Waals surface area contributed by atoms with Crippen molar-refractivity contribution in [2.24, 2.45) is 5.92 Å². The van der Waals surface area contributed by atoms with Gasteiger partial charge in [0.2, 0.25) is 5.91 Å². The summed E-state index contributed by atoms with van der Waals surface area (Å²) in [6.07, 6.45) is -2.52. The van der Waals surface area contributed by atoms with Crippen LogP contribution in [0.3, 0.4) is 0 Å². The quantitative estimate of drug-likeness (QED) is 0.582. The standard InChI is InChI=1S/C21H23F3N2O/c1-3-14(4-2)12-19(27)26-18-11-10-16(21(22,23)24)13-17(18)20(25)15-8-6-5-7-9-15/h5-11,13-14,25H,3-4,12H2,1-2H3,(H,26,27). The molecule has 0 aromatic heterocycles. The van der Waals surface area contributed by atoms with Gasteiger partial charge in [0.05, 0.1) is 17.0 Å². The van der Waals surface area contributed by atoms with E-state index < -0.39 is 11.7 Å². The van der Waals surface area contributed by atoms with Crippen LogP contribution in [0.15, 0.2) is 48.5 Å². The van der Waals surface area contributed by atoms with Gasteiger partial charge in [0.15, 0.2) is 0 Å². The van der Waals surface area contributed by atoms with Gasteiger partial charge in [0, 0.05) is 17.5 Å². The first-order valence-corrected chi connectivity index (χ1v) is 8.91. The Morgan fingerprint density at radius 1 is 1.07 bits per heavy atom. The van der Waals surface area contributed by atoms with Gasteiger partial charge in [0.25, 0.3) is 0 Å². The summed E-state index contributed by atoms with van der Waals surface area (Å²) in [4.78, 5) is 12.3. The Morgan fingerprint density at radius 2 is 1.70 bits per heavy atom. The van der Waals surface area contributed by atoms with Crippen LogP contribution in [0.4, 0.5) is 18.9 Å². The number of rotatable bonds is 7. The third-order valence-corrected chi connectivity index (χ3v) is 4.58. The van der Waals surface area contributed by atoms with Crippen LogP contribution in [-0.2, 0) is 11.0 Å². The van der Waals surface area contributed by atoms with Crippen molar-refractivity contribution in [3.8, 4) is 0 Å². The average molecular weight is 376 g/mol.